The molecule has 0 saturated carbocycles. The zero-order valence-corrected chi connectivity index (χ0v) is 12.4. The van der Waals surface area contributed by atoms with Crippen LogP contribution in [0.5, 0.6) is 0 Å². The Balaban J connectivity index is 2.63. The van der Waals surface area contributed by atoms with E-state index in [4.69, 9.17) is 10.5 Å². The van der Waals surface area contributed by atoms with E-state index < -0.39 is 0 Å². The second-order valence-electron chi connectivity index (χ2n) is 4.15. The van der Waals surface area contributed by atoms with Gasteiger partial charge < -0.3 is 15.8 Å². The molecule has 1 aromatic rings. The summed E-state index contributed by atoms with van der Waals surface area (Å²) in [5.41, 5.74) is 7.58. The summed E-state index contributed by atoms with van der Waals surface area (Å²) in [6.07, 6.45) is 4.34. The lowest BCUT2D eigenvalue weighted by atomic mass is 10.1. The van der Waals surface area contributed by atoms with Gasteiger partial charge in [-0.05, 0) is 50.0 Å². The second kappa shape index (κ2) is 8.69. The molecular formula is C14H22N2O2S. The van der Waals surface area contributed by atoms with Crippen LogP contribution in [0.3, 0.4) is 0 Å². The van der Waals surface area contributed by atoms with Gasteiger partial charge in [0.1, 0.15) is 0 Å². The average molecular weight is 282 g/mol. The van der Waals surface area contributed by atoms with E-state index in [0.29, 0.717) is 17.9 Å². The van der Waals surface area contributed by atoms with Gasteiger partial charge in [-0.25, -0.2) is 4.79 Å². The number of thioether (sulfide) groups is 1. The Morgan fingerprint density at radius 3 is 2.89 bits per heavy atom. The quantitative estimate of drug-likeness (QED) is 0.436. The number of carbonyl (C=O) groups excluding carboxylic acids is 1. The smallest absolute Gasteiger partial charge is 0.340 e. The van der Waals surface area contributed by atoms with E-state index in [1.165, 1.54) is 0 Å². The Bertz CT molecular complexity index is 410. The number of ether oxygens (including phenoxy) is 1. The van der Waals surface area contributed by atoms with Crippen LogP contribution in [-0.4, -0.2) is 31.1 Å². The third-order valence-electron chi connectivity index (χ3n) is 2.63. The topological polar surface area (TPSA) is 64.3 Å². The van der Waals surface area contributed by atoms with Crippen LogP contribution in [0.25, 0.3) is 0 Å². The van der Waals surface area contributed by atoms with Crippen molar-refractivity contribution in [1.82, 2.24) is 0 Å². The highest BCUT2D eigenvalue weighted by Crippen LogP contribution is 2.20. The number of benzene rings is 1. The lowest BCUT2D eigenvalue weighted by molar-refractivity contribution is 0.0527. The molecule has 4 nitrogen and oxygen atoms in total. The van der Waals surface area contributed by atoms with Crippen LogP contribution in [-0.2, 0) is 4.74 Å². The molecule has 106 valence electrons. The van der Waals surface area contributed by atoms with Gasteiger partial charge in [0.2, 0.25) is 0 Å². The molecule has 1 rings (SSSR count). The fourth-order valence-electron chi connectivity index (χ4n) is 1.69. The van der Waals surface area contributed by atoms with E-state index >= 15 is 0 Å². The maximum atomic E-state index is 11.8. The van der Waals surface area contributed by atoms with Crippen molar-refractivity contribution in [2.24, 2.45) is 0 Å². The van der Waals surface area contributed by atoms with E-state index in [0.717, 1.165) is 30.8 Å². The lowest BCUT2D eigenvalue weighted by Gasteiger charge is -2.12. The Morgan fingerprint density at radius 1 is 1.42 bits per heavy atom. The molecule has 0 aliphatic rings. The van der Waals surface area contributed by atoms with E-state index in [1.54, 1.807) is 19.1 Å². The molecule has 0 amide bonds. The standard InChI is InChI=1S/C14H22N2O2S/c1-3-18-14(17)12-10-11(15)6-7-13(12)16-8-4-5-9-19-2/h6-7,10,16H,3-5,8-9,15H2,1-2H3. The first-order valence-corrected chi connectivity index (χ1v) is 7.88. The molecule has 1 aromatic carbocycles. The lowest BCUT2D eigenvalue weighted by Crippen LogP contribution is -2.11. The van der Waals surface area contributed by atoms with Crippen LogP contribution in [0.4, 0.5) is 11.4 Å². The third kappa shape index (κ3) is 5.42. The van der Waals surface area contributed by atoms with Crippen LogP contribution < -0.4 is 11.1 Å². The summed E-state index contributed by atoms with van der Waals surface area (Å²) in [6.45, 7) is 3.00. The summed E-state index contributed by atoms with van der Waals surface area (Å²) in [5.74, 6) is 0.829. The SMILES string of the molecule is CCOC(=O)c1cc(N)ccc1NCCCCSC. The van der Waals surface area contributed by atoms with Gasteiger partial charge >= 0.3 is 5.97 Å². The van der Waals surface area contributed by atoms with E-state index in [-0.39, 0.29) is 5.97 Å². The van der Waals surface area contributed by atoms with Crippen LogP contribution in [0.2, 0.25) is 0 Å². The van der Waals surface area contributed by atoms with Crippen molar-refractivity contribution in [3.05, 3.63) is 23.8 Å². The Hall–Kier alpha value is -1.36. The molecule has 19 heavy (non-hydrogen) atoms. The van der Waals surface area contributed by atoms with E-state index in [2.05, 4.69) is 11.6 Å². The molecule has 0 aromatic heterocycles. The summed E-state index contributed by atoms with van der Waals surface area (Å²) >= 11 is 1.85. The molecule has 0 fully saturated rings. The fourth-order valence-corrected chi connectivity index (χ4v) is 2.18. The number of nitrogens with two attached hydrogens (primary N) is 1. The van der Waals surface area contributed by atoms with Crippen molar-refractivity contribution in [2.75, 3.05) is 36.2 Å². The molecule has 0 aliphatic heterocycles. The molecule has 0 heterocycles. The average Bonchev–Trinajstić information content (AvgIpc) is 2.40. The number of hydrogen-bond acceptors (Lipinski definition) is 5. The van der Waals surface area contributed by atoms with Gasteiger partial charge in [0.25, 0.3) is 0 Å². The number of rotatable bonds is 8. The van der Waals surface area contributed by atoms with Crippen molar-refractivity contribution in [1.29, 1.82) is 0 Å². The second-order valence-corrected chi connectivity index (χ2v) is 5.14. The van der Waals surface area contributed by atoms with Crippen molar-refractivity contribution in [3.63, 3.8) is 0 Å². The molecule has 0 atom stereocenters. The zero-order valence-electron chi connectivity index (χ0n) is 11.6. The van der Waals surface area contributed by atoms with Gasteiger partial charge in [0, 0.05) is 17.9 Å². The Labute approximate surface area is 119 Å². The fraction of sp³-hybridized carbons (Fsp3) is 0.500. The summed E-state index contributed by atoms with van der Waals surface area (Å²) in [4.78, 5) is 11.8. The molecule has 0 saturated heterocycles. The number of carbonyl (C=O) groups is 1. The summed E-state index contributed by atoms with van der Waals surface area (Å²) in [7, 11) is 0. The molecule has 0 unspecified atom stereocenters. The Kier molecular flexibility index (Phi) is 7.18. The van der Waals surface area contributed by atoms with Gasteiger partial charge in [-0.15, -0.1) is 0 Å². The number of esters is 1. The first kappa shape index (κ1) is 15.7. The number of nitrogens with one attached hydrogen (secondary N) is 1. The molecule has 3 N–H and O–H groups in total. The van der Waals surface area contributed by atoms with Crippen LogP contribution in [0.15, 0.2) is 18.2 Å². The van der Waals surface area contributed by atoms with Gasteiger partial charge in [-0.1, -0.05) is 0 Å². The number of anilines is 2. The first-order valence-electron chi connectivity index (χ1n) is 6.48. The maximum absolute atomic E-state index is 11.8. The highest BCUT2D eigenvalue weighted by Gasteiger charge is 2.12. The Morgan fingerprint density at radius 2 is 2.21 bits per heavy atom. The van der Waals surface area contributed by atoms with Gasteiger partial charge in [-0.2, -0.15) is 11.8 Å². The monoisotopic (exact) mass is 282 g/mol. The predicted octanol–water partition coefficient (Wildman–Crippen LogP) is 3.00. The number of unbranched alkanes of at least 4 members (excludes halogenated alkanes) is 1. The predicted molar refractivity (Wildman–Crippen MR) is 82.9 cm³/mol. The summed E-state index contributed by atoms with van der Waals surface area (Å²) < 4.78 is 5.03. The van der Waals surface area contributed by atoms with Crippen molar-refractivity contribution in [2.45, 2.75) is 19.8 Å². The highest BCUT2D eigenvalue weighted by atomic mass is 32.2. The van der Waals surface area contributed by atoms with E-state index in [1.807, 2.05) is 17.8 Å². The number of nitrogen functional groups attached to an aromatic ring is 1. The zero-order chi connectivity index (χ0) is 14.1. The highest BCUT2D eigenvalue weighted by molar-refractivity contribution is 7.98. The molecule has 5 heteroatoms. The molecular weight excluding hydrogens is 260 g/mol. The van der Waals surface area contributed by atoms with E-state index in [9.17, 15) is 4.79 Å². The van der Waals surface area contributed by atoms with Gasteiger partial charge in [0.05, 0.1) is 12.2 Å². The van der Waals surface area contributed by atoms with Crippen LogP contribution in [0.1, 0.15) is 30.1 Å². The minimum atomic E-state index is -0.332. The summed E-state index contributed by atoms with van der Waals surface area (Å²) in [5, 5.41) is 3.27. The van der Waals surface area contributed by atoms with Crippen LogP contribution >= 0.6 is 11.8 Å². The molecule has 0 spiro atoms. The van der Waals surface area contributed by atoms with Crippen molar-refractivity contribution in [3.8, 4) is 0 Å². The summed E-state index contributed by atoms with van der Waals surface area (Å²) in [6, 6.07) is 5.27. The van der Waals surface area contributed by atoms with Gasteiger partial charge in [-0.3, -0.25) is 0 Å². The first-order chi connectivity index (χ1) is 9.19. The number of hydrogen-bond donors (Lipinski definition) is 2. The van der Waals surface area contributed by atoms with Crippen molar-refractivity contribution >= 4 is 29.1 Å². The van der Waals surface area contributed by atoms with Crippen LogP contribution in [0, 0.1) is 0 Å². The maximum Gasteiger partial charge on any atom is 0.340 e. The minimum absolute atomic E-state index is 0.332. The van der Waals surface area contributed by atoms with Crippen molar-refractivity contribution < 1.29 is 9.53 Å². The normalized spacial score (nSPS) is 10.2. The third-order valence-corrected chi connectivity index (χ3v) is 3.33. The molecule has 0 radical (unpaired) electrons. The molecule has 0 aliphatic carbocycles. The van der Waals surface area contributed by atoms with Gasteiger partial charge in [0.15, 0.2) is 0 Å². The molecule has 0 bridgehead atoms. The largest absolute Gasteiger partial charge is 0.462 e. The minimum Gasteiger partial charge on any atom is -0.462 e.